The number of benzene rings is 1. The maximum absolute atomic E-state index is 13.1. The molecular weight excluding hydrogens is 462 g/mol. The summed E-state index contributed by atoms with van der Waals surface area (Å²) in [4.78, 5) is 55.1. The van der Waals surface area contributed by atoms with Crippen molar-refractivity contribution >= 4 is 23.6 Å². The minimum absolute atomic E-state index is 0.00714. The minimum Gasteiger partial charge on any atom is -0.491 e. The summed E-state index contributed by atoms with van der Waals surface area (Å²) in [6.07, 6.45) is 4.44. The van der Waals surface area contributed by atoms with E-state index < -0.39 is 18.0 Å². The summed E-state index contributed by atoms with van der Waals surface area (Å²) in [7, 11) is 1.64. The van der Waals surface area contributed by atoms with Crippen LogP contribution >= 0.6 is 0 Å². The van der Waals surface area contributed by atoms with E-state index in [9.17, 15) is 19.2 Å². The van der Waals surface area contributed by atoms with Crippen molar-refractivity contribution in [3.05, 3.63) is 29.8 Å². The average molecular weight is 502 g/mol. The number of carbonyl (C=O) groups excluding carboxylic acids is 4. The van der Waals surface area contributed by atoms with Crippen molar-refractivity contribution in [1.29, 1.82) is 0 Å². The highest BCUT2D eigenvalue weighted by molar-refractivity contribution is 5.99. The van der Waals surface area contributed by atoms with Gasteiger partial charge in [-0.2, -0.15) is 0 Å². The van der Waals surface area contributed by atoms with Gasteiger partial charge in [-0.15, -0.1) is 0 Å². The predicted octanol–water partition coefficient (Wildman–Crippen LogP) is 0.913. The number of rotatable bonds is 6. The Balaban J connectivity index is 1.65. The quantitative estimate of drug-likeness (QED) is 0.499. The molecule has 1 fully saturated rings. The molecule has 0 aromatic heterocycles. The Morgan fingerprint density at radius 1 is 1.08 bits per heavy atom. The number of hydrogen-bond acceptors (Lipinski definition) is 6. The van der Waals surface area contributed by atoms with Crippen LogP contribution in [0.15, 0.2) is 24.3 Å². The number of likely N-dealkylation sites (N-methyl/N-ethyl adjacent to an activating group) is 1. The fourth-order valence-electron chi connectivity index (χ4n) is 4.47. The van der Waals surface area contributed by atoms with E-state index in [2.05, 4.69) is 20.9 Å². The third-order valence-electron chi connectivity index (χ3n) is 6.62. The summed E-state index contributed by atoms with van der Waals surface area (Å²) in [5.74, 6) is -1.01. The zero-order valence-corrected chi connectivity index (χ0v) is 21.4. The van der Waals surface area contributed by atoms with Gasteiger partial charge >= 0.3 is 0 Å². The van der Waals surface area contributed by atoms with Gasteiger partial charge in [0.15, 0.2) is 0 Å². The predicted molar refractivity (Wildman–Crippen MR) is 136 cm³/mol. The minimum atomic E-state index is -0.895. The highest BCUT2D eigenvalue weighted by atomic mass is 16.5. The van der Waals surface area contributed by atoms with E-state index in [1.54, 1.807) is 38.2 Å². The van der Waals surface area contributed by atoms with Crippen molar-refractivity contribution in [2.24, 2.45) is 0 Å². The first-order valence-electron chi connectivity index (χ1n) is 12.9. The summed E-state index contributed by atoms with van der Waals surface area (Å²) in [6, 6.07) is 5.17. The Morgan fingerprint density at radius 2 is 1.83 bits per heavy atom. The maximum atomic E-state index is 13.1. The average Bonchev–Trinajstić information content (AvgIpc) is 3.38. The number of nitrogens with one attached hydrogen (secondary N) is 3. The van der Waals surface area contributed by atoms with Crippen LogP contribution in [0.3, 0.4) is 0 Å². The number of amides is 4. The first-order valence-corrected chi connectivity index (χ1v) is 12.9. The number of para-hydroxylation sites is 1. The maximum Gasteiger partial charge on any atom is 0.255 e. The molecule has 10 heteroatoms. The van der Waals surface area contributed by atoms with Crippen LogP contribution in [0.5, 0.6) is 5.75 Å². The van der Waals surface area contributed by atoms with Crippen LogP contribution in [-0.2, 0) is 14.4 Å². The van der Waals surface area contributed by atoms with Gasteiger partial charge in [0.1, 0.15) is 24.4 Å². The van der Waals surface area contributed by atoms with E-state index in [-0.39, 0.29) is 43.7 Å². The second kappa shape index (κ2) is 13.8. The van der Waals surface area contributed by atoms with Crippen LogP contribution in [0.1, 0.15) is 55.8 Å². The lowest BCUT2D eigenvalue weighted by Crippen LogP contribution is -2.48. The molecule has 198 valence electrons. The molecule has 2 atom stereocenters. The number of fused-ring (bicyclic) bond motifs is 1. The molecule has 2 aliphatic heterocycles. The van der Waals surface area contributed by atoms with Crippen LogP contribution in [0, 0.1) is 0 Å². The number of carbonyl (C=O) groups is 4. The van der Waals surface area contributed by atoms with Crippen LogP contribution in [0.2, 0.25) is 0 Å². The molecule has 0 unspecified atom stereocenters. The Bertz CT molecular complexity index is 918. The first kappa shape index (κ1) is 27.4. The Kier molecular flexibility index (Phi) is 10.5. The van der Waals surface area contributed by atoms with Gasteiger partial charge in [0.05, 0.1) is 12.1 Å². The SMILES string of the molecule is C[C@@H]1NC(=O)CC[C@@H](C(=O)NCCCCN2CCCC2)NC(=O)c2ccccc2OCCN(C)C1=O. The van der Waals surface area contributed by atoms with Gasteiger partial charge in [-0.3, -0.25) is 19.2 Å². The summed E-state index contributed by atoms with van der Waals surface area (Å²) in [5.41, 5.74) is 0.294. The highest BCUT2D eigenvalue weighted by Gasteiger charge is 2.26. The van der Waals surface area contributed by atoms with Crippen molar-refractivity contribution in [2.75, 3.05) is 46.4 Å². The highest BCUT2D eigenvalue weighted by Crippen LogP contribution is 2.18. The summed E-state index contributed by atoms with van der Waals surface area (Å²) >= 11 is 0. The van der Waals surface area contributed by atoms with Crippen LogP contribution in [0.4, 0.5) is 0 Å². The van der Waals surface area contributed by atoms with Crippen molar-refractivity contribution in [2.45, 2.75) is 57.5 Å². The molecule has 1 aromatic carbocycles. The molecular formula is C26H39N5O5. The Labute approximate surface area is 213 Å². The third kappa shape index (κ3) is 8.22. The summed E-state index contributed by atoms with van der Waals surface area (Å²) in [6.45, 7) is 5.91. The van der Waals surface area contributed by atoms with Crippen LogP contribution in [0.25, 0.3) is 0 Å². The molecule has 0 radical (unpaired) electrons. The Hall–Kier alpha value is -3.14. The van der Waals surface area contributed by atoms with Gasteiger partial charge in [-0.1, -0.05) is 12.1 Å². The lowest BCUT2D eigenvalue weighted by atomic mass is 10.1. The molecule has 0 bridgehead atoms. The van der Waals surface area contributed by atoms with Crippen molar-refractivity contribution in [1.82, 2.24) is 25.8 Å². The third-order valence-corrected chi connectivity index (χ3v) is 6.62. The van der Waals surface area contributed by atoms with E-state index in [0.29, 0.717) is 17.9 Å². The zero-order chi connectivity index (χ0) is 25.9. The van der Waals surface area contributed by atoms with E-state index in [1.165, 1.54) is 17.7 Å². The molecule has 0 aliphatic carbocycles. The Morgan fingerprint density at radius 3 is 2.61 bits per heavy atom. The number of ether oxygens (including phenoxy) is 1. The monoisotopic (exact) mass is 501 g/mol. The van der Waals surface area contributed by atoms with E-state index in [4.69, 9.17) is 4.74 Å². The van der Waals surface area contributed by atoms with Crippen molar-refractivity contribution < 1.29 is 23.9 Å². The van der Waals surface area contributed by atoms with Gasteiger partial charge in [-0.05, 0) is 70.8 Å². The molecule has 1 aromatic rings. The lowest BCUT2D eigenvalue weighted by Gasteiger charge is -2.22. The number of likely N-dealkylation sites (tertiary alicyclic amines) is 1. The topological polar surface area (TPSA) is 120 Å². The molecule has 3 rings (SSSR count). The van der Waals surface area contributed by atoms with Crippen LogP contribution in [-0.4, -0.2) is 91.9 Å². The van der Waals surface area contributed by atoms with Crippen molar-refractivity contribution in [3.8, 4) is 5.75 Å². The standard InChI is InChI=1S/C26H39N5O5/c1-19-26(35)30(2)17-18-36-22-10-4-3-9-20(22)24(33)29-21(11-12-23(32)28-19)25(34)27-13-5-6-14-31-15-7-8-16-31/h3-4,9-10,19,21H,5-8,11-18H2,1-2H3,(H,27,34)(H,28,32)(H,29,33)/t19-,21-/m0/s1. The van der Waals surface area contributed by atoms with E-state index >= 15 is 0 Å². The molecule has 2 heterocycles. The van der Waals surface area contributed by atoms with Gasteiger partial charge < -0.3 is 30.5 Å². The van der Waals surface area contributed by atoms with E-state index in [0.717, 1.165) is 32.5 Å². The fourth-order valence-corrected chi connectivity index (χ4v) is 4.47. The zero-order valence-electron chi connectivity index (χ0n) is 21.4. The van der Waals surface area contributed by atoms with Gasteiger partial charge in [0, 0.05) is 20.0 Å². The number of hydrogen-bond donors (Lipinski definition) is 3. The fraction of sp³-hybridized carbons (Fsp3) is 0.615. The number of nitrogens with zero attached hydrogens (tertiary/aromatic N) is 2. The van der Waals surface area contributed by atoms with E-state index in [1.807, 2.05) is 0 Å². The molecule has 1 saturated heterocycles. The van der Waals surface area contributed by atoms with Crippen molar-refractivity contribution in [3.63, 3.8) is 0 Å². The largest absolute Gasteiger partial charge is 0.491 e. The molecule has 3 N–H and O–H groups in total. The van der Waals surface area contributed by atoms with Gasteiger partial charge in [0.25, 0.3) is 5.91 Å². The number of unbranched alkanes of at least 4 members (excludes halogenated alkanes) is 1. The van der Waals surface area contributed by atoms with Gasteiger partial charge in [0.2, 0.25) is 17.7 Å². The second-order valence-corrected chi connectivity index (χ2v) is 9.51. The summed E-state index contributed by atoms with van der Waals surface area (Å²) in [5, 5.41) is 8.37. The molecule has 10 nitrogen and oxygen atoms in total. The van der Waals surface area contributed by atoms with Crippen LogP contribution < -0.4 is 20.7 Å². The van der Waals surface area contributed by atoms with Gasteiger partial charge in [-0.25, -0.2) is 0 Å². The lowest BCUT2D eigenvalue weighted by molar-refractivity contribution is -0.135. The molecule has 0 saturated carbocycles. The molecule has 0 spiro atoms. The smallest absolute Gasteiger partial charge is 0.255 e. The summed E-state index contributed by atoms with van der Waals surface area (Å²) < 4.78 is 5.79. The molecule has 36 heavy (non-hydrogen) atoms. The molecule has 2 aliphatic rings. The molecule has 4 amide bonds. The first-order chi connectivity index (χ1) is 17.3. The normalized spacial score (nSPS) is 22.5. The second-order valence-electron chi connectivity index (χ2n) is 9.51.